The summed E-state index contributed by atoms with van der Waals surface area (Å²) in [7, 11) is 0. The normalized spacial score (nSPS) is 10.3. The van der Waals surface area contributed by atoms with Gasteiger partial charge in [-0.25, -0.2) is 14.4 Å². The van der Waals surface area contributed by atoms with Crippen molar-refractivity contribution >= 4 is 11.9 Å². The summed E-state index contributed by atoms with van der Waals surface area (Å²) < 4.78 is 12.8. The molecule has 116 valence electrons. The van der Waals surface area contributed by atoms with Crippen LogP contribution < -0.4 is 10.6 Å². The van der Waals surface area contributed by atoms with Crippen molar-refractivity contribution in [3.05, 3.63) is 53.6 Å². The number of amides is 1. The molecule has 0 aliphatic rings. The number of anilines is 1. The fraction of sp³-hybridized carbons (Fsp3) is 0.312. The third-order valence-electron chi connectivity index (χ3n) is 3.07. The molecule has 0 radical (unpaired) electrons. The smallest absolute Gasteiger partial charge is 0.270 e. The van der Waals surface area contributed by atoms with Crippen LogP contribution in [0.25, 0.3) is 0 Å². The molecule has 0 unspecified atom stereocenters. The Balaban J connectivity index is 1.91. The Bertz CT molecular complexity index is 616. The number of halogens is 1. The number of benzene rings is 1. The number of unbranched alkanes of at least 4 members (excludes halogenated alkanes) is 1. The van der Waals surface area contributed by atoms with Gasteiger partial charge < -0.3 is 10.6 Å². The van der Waals surface area contributed by atoms with Crippen LogP contribution in [0, 0.1) is 5.82 Å². The van der Waals surface area contributed by atoms with Crippen molar-refractivity contribution in [1.29, 1.82) is 0 Å². The number of hydrogen-bond donors (Lipinski definition) is 2. The van der Waals surface area contributed by atoms with Crippen molar-refractivity contribution in [2.45, 2.75) is 26.3 Å². The minimum atomic E-state index is -0.298. The maximum Gasteiger partial charge on any atom is 0.270 e. The predicted octanol–water partition coefficient (Wildman–Crippen LogP) is 2.76. The summed E-state index contributed by atoms with van der Waals surface area (Å²) >= 11 is 0. The second kappa shape index (κ2) is 8.07. The van der Waals surface area contributed by atoms with Gasteiger partial charge in [0.1, 0.15) is 11.5 Å². The molecule has 6 heteroatoms. The summed E-state index contributed by atoms with van der Waals surface area (Å²) in [4.78, 5) is 20.3. The number of rotatable bonds is 7. The molecule has 22 heavy (non-hydrogen) atoms. The molecule has 0 saturated heterocycles. The Morgan fingerprint density at radius 2 is 2.00 bits per heavy atom. The number of carbonyl (C=O) groups excluding carboxylic acids is 1. The second-order valence-corrected chi connectivity index (χ2v) is 4.85. The first-order chi connectivity index (χ1) is 10.7. The van der Waals surface area contributed by atoms with E-state index in [2.05, 4.69) is 27.5 Å². The van der Waals surface area contributed by atoms with Gasteiger partial charge in [0.15, 0.2) is 0 Å². The fourth-order valence-corrected chi connectivity index (χ4v) is 1.82. The molecule has 0 fully saturated rings. The Labute approximate surface area is 129 Å². The Kier molecular flexibility index (Phi) is 5.82. The van der Waals surface area contributed by atoms with E-state index in [1.165, 1.54) is 12.1 Å². The third-order valence-corrected chi connectivity index (χ3v) is 3.07. The third kappa shape index (κ3) is 4.80. The van der Waals surface area contributed by atoms with Crippen molar-refractivity contribution in [3.8, 4) is 0 Å². The van der Waals surface area contributed by atoms with Crippen molar-refractivity contribution in [1.82, 2.24) is 15.3 Å². The van der Waals surface area contributed by atoms with E-state index in [1.807, 2.05) is 0 Å². The average Bonchev–Trinajstić information content (AvgIpc) is 2.54. The van der Waals surface area contributed by atoms with Gasteiger partial charge >= 0.3 is 0 Å². The molecule has 1 amide bonds. The lowest BCUT2D eigenvalue weighted by Crippen LogP contribution is -2.24. The molecular weight excluding hydrogens is 283 g/mol. The van der Waals surface area contributed by atoms with Crippen LogP contribution >= 0.6 is 0 Å². The van der Waals surface area contributed by atoms with Crippen LogP contribution in [0.1, 0.15) is 35.8 Å². The highest BCUT2D eigenvalue weighted by Crippen LogP contribution is 2.04. The molecule has 1 heterocycles. The van der Waals surface area contributed by atoms with E-state index in [0.29, 0.717) is 18.2 Å². The van der Waals surface area contributed by atoms with E-state index in [0.717, 1.165) is 24.9 Å². The van der Waals surface area contributed by atoms with Gasteiger partial charge in [0.25, 0.3) is 5.91 Å². The number of nitrogens with zero attached hydrogens (tertiary/aromatic N) is 2. The van der Waals surface area contributed by atoms with Gasteiger partial charge in [-0.3, -0.25) is 4.79 Å². The molecule has 0 aliphatic heterocycles. The number of nitrogens with one attached hydrogen (secondary N) is 2. The predicted molar refractivity (Wildman–Crippen MR) is 83.0 cm³/mol. The molecule has 0 bridgehead atoms. The molecule has 1 aromatic heterocycles. The van der Waals surface area contributed by atoms with Gasteiger partial charge in [0.05, 0.1) is 0 Å². The maximum absolute atomic E-state index is 12.8. The molecular formula is C16H19FN4O. The quantitative estimate of drug-likeness (QED) is 0.772. The summed E-state index contributed by atoms with van der Waals surface area (Å²) in [5.41, 5.74) is 1.13. The minimum Gasteiger partial charge on any atom is -0.354 e. The van der Waals surface area contributed by atoms with E-state index >= 15 is 0 Å². The summed E-state index contributed by atoms with van der Waals surface area (Å²) in [5, 5.41) is 5.83. The van der Waals surface area contributed by atoms with Crippen molar-refractivity contribution in [3.63, 3.8) is 0 Å². The largest absolute Gasteiger partial charge is 0.354 e. The van der Waals surface area contributed by atoms with Gasteiger partial charge in [-0.05, 0) is 30.2 Å². The van der Waals surface area contributed by atoms with Gasteiger partial charge in [0, 0.05) is 19.3 Å². The van der Waals surface area contributed by atoms with Crippen molar-refractivity contribution < 1.29 is 9.18 Å². The minimum absolute atomic E-state index is 0.287. The van der Waals surface area contributed by atoms with Crippen LogP contribution in [0.3, 0.4) is 0 Å². The van der Waals surface area contributed by atoms with E-state index in [1.54, 1.807) is 24.4 Å². The number of carbonyl (C=O) groups is 1. The molecule has 0 saturated carbocycles. The fourth-order valence-electron chi connectivity index (χ4n) is 1.82. The first-order valence-electron chi connectivity index (χ1n) is 7.28. The zero-order valence-electron chi connectivity index (χ0n) is 12.5. The summed E-state index contributed by atoms with van der Waals surface area (Å²) in [5.74, 6) is -0.137. The highest BCUT2D eigenvalue weighted by Gasteiger charge is 2.08. The molecule has 1 aromatic carbocycles. The van der Waals surface area contributed by atoms with Gasteiger partial charge in [-0.1, -0.05) is 25.5 Å². The average molecular weight is 302 g/mol. The molecule has 5 nitrogen and oxygen atoms in total. The monoisotopic (exact) mass is 302 g/mol. The Morgan fingerprint density at radius 3 is 2.73 bits per heavy atom. The first kappa shape index (κ1) is 15.9. The van der Waals surface area contributed by atoms with Gasteiger partial charge in [0.2, 0.25) is 5.95 Å². The standard InChI is InChI=1S/C16H19FN4O/c1-2-3-9-18-16-19-10-8-14(21-16)15(22)20-11-12-4-6-13(17)7-5-12/h4-8,10H,2-3,9,11H2,1H3,(H,20,22)(H,18,19,21). The molecule has 0 atom stereocenters. The van der Waals surface area contributed by atoms with Crippen LogP contribution in [-0.4, -0.2) is 22.4 Å². The first-order valence-corrected chi connectivity index (χ1v) is 7.28. The molecule has 2 rings (SSSR count). The lowest BCUT2D eigenvalue weighted by atomic mass is 10.2. The highest BCUT2D eigenvalue weighted by atomic mass is 19.1. The second-order valence-electron chi connectivity index (χ2n) is 4.85. The van der Waals surface area contributed by atoms with Crippen molar-refractivity contribution in [2.24, 2.45) is 0 Å². The lowest BCUT2D eigenvalue weighted by molar-refractivity contribution is 0.0946. The van der Waals surface area contributed by atoms with Crippen molar-refractivity contribution in [2.75, 3.05) is 11.9 Å². The van der Waals surface area contributed by atoms with Crippen LogP contribution in [0.4, 0.5) is 10.3 Å². The zero-order valence-corrected chi connectivity index (χ0v) is 12.5. The van der Waals surface area contributed by atoms with E-state index in [9.17, 15) is 9.18 Å². The number of hydrogen-bond acceptors (Lipinski definition) is 4. The van der Waals surface area contributed by atoms with Crippen LogP contribution in [-0.2, 0) is 6.54 Å². The summed E-state index contributed by atoms with van der Waals surface area (Å²) in [6.45, 7) is 3.20. The highest BCUT2D eigenvalue weighted by molar-refractivity contribution is 5.92. The maximum atomic E-state index is 12.8. The van der Waals surface area contributed by atoms with Gasteiger partial charge in [-0.2, -0.15) is 0 Å². The Morgan fingerprint density at radius 1 is 1.23 bits per heavy atom. The van der Waals surface area contributed by atoms with Crippen LogP contribution in [0.2, 0.25) is 0 Å². The molecule has 0 spiro atoms. The summed E-state index contributed by atoms with van der Waals surface area (Å²) in [6, 6.07) is 7.55. The van der Waals surface area contributed by atoms with E-state index in [-0.39, 0.29) is 11.7 Å². The van der Waals surface area contributed by atoms with Crippen LogP contribution in [0.5, 0.6) is 0 Å². The molecule has 0 aliphatic carbocycles. The van der Waals surface area contributed by atoms with Gasteiger partial charge in [-0.15, -0.1) is 0 Å². The van der Waals surface area contributed by atoms with E-state index < -0.39 is 0 Å². The SMILES string of the molecule is CCCCNc1nccc(C(=O)NCc2ccc(F)cc2)n1. The summed E-state index contributed by atoms with van der Waals surface area (Å²) in [6.07, 6.45) is 3.64. The topological polar surface area (TPSA) is 66.9 Å². The Hall–Kier alpha value is -2.50. The molecule has 2 aromatic rings. The number of aromatic nitrogens is 2. The zero-order chi connectivity index (χ0) is 15.8. The lowest BCUT2D eigenvalue weighted by Gasteiger charge is -2.07. The molecule has 2 N–H and O–H groups in total. The van der Waals surface area contributed by atoms with Crippen LogP contribution in [0.15, 0.2) is 36.5 Å². The van der Waals surface area contributed by atoms with E-state index in [4.69, 9.17) is 0 Å².